The van der Waals surface area contributed by atoms with Crippen molar-refractivity contribution in [3.8, 4) is 0 Å². The maximum atomic E-state index is 11.7. The predicted molar refractivity (Wildman–Crippen MR) is 75.1 cm³/mol. The van der Waals surface area contributed by atoms with Crippen LogP contribution in [0.5, 0.6) is 0 Å². The molecule has 0 bridgehead atoms. The summed E-state index contributed by atoms with van der Waals surface area (Å²) in [5.74, 6) is -0.787. The average Bonchev–Trinajstić information content (AvgIpc) is 2.71. The molecule has 0 aliphatic rings. The van der Waals surface area contributed by atoms with E-state index in [2.05, 4.69) is 10.1 Å². The van der Waals surface area contributed by atoms with Crippen molar-refractivity contribution in [2.24, 2.45) is 0 Å². The maximum Gasteiger partial charge on any atom is 0.303 e. The maximum absolute atomic E-state index is 11.7. The Morgan fingerprint density at radius 1 is 1.55 bits per heavy atom. The molecule has 2 aromatic rings. The lowest BCUT2D eigenvalue weighted by atomic mass is 10.3. The minimum Gasteiger partial charge on any atom is -0.481 e. The molecule has 0 saturated heterocycles. The van der Waals surface area contributed by atoms with Crippen molar-refractivity contribution in [2.75, 3.05) is 13.6 Å². The van der Waals surface area contributed by atoms with E-state index in [1.807, 2.05) is 11.9 Å². The SMILES string of the molecule is Cc1cc(=O)n2nc(CN(C)CCCC(=O)O)sc2n1. The van der Waals surface area contributed by atoms with Gasteiger partial charge >= 0.3 is 5.97 Å². The molecule has 0 atom stereocenters. The molecule has 108 valence electrons. The smallest absolute Gasteiger partial charge is 0.303 e. The fourth-order valence-corrected chi connectivity index (χ4v) is 2.86. The Bertz CT molecular complexity index is 679. The number of hydrogen-bond acceptors (Lipinski definition) is 6. The molecule has 0 radical (unpaired) electrons. The van der Waals surface area contributed by atoms with Gasteiger partial charge in [-0.3, -0.25) is 14.5 Å². The van der Waals surface area contributed by atoms with Crippen LogP contribution in [0.2, 0.25) is 0 Å². The molecule has 0 saturated carbocycles. The van der Waals surface area contributed by atoms with Crippen LogP contribution in [0.25, 0.3) is 4.96 Å². The molecule has 0 aromatic carbocycles. The summed E-state index contributed by atoms with van der Waals surface area (Å²) in [5, 5.41) is 13.6. The first-order valence-electron chi connectivity index (χ1n) is 6.22. The highest BCUT2D eigenvalue weighted by Crippen LogP contribution is 2.13. The Balaban J connectivity index is 2.04. The van der Waals surface area contributed by atoms with E-state index in [0.29, 0.717) is 30.2 Å². The minimum atomic E-state index is -0.787. The van der Waals surface area contributed by atoms with Crippen LogP contribution in [-0.2, 0) is 11.3 Å². The van der Waals surface area contributed by atoms with Crippen molar-refractivity contribution < 1.29 is 9.90 Å². The van der Waals surface area contributed by atoms with Gasteiger partial charge in [0.1, 0.15) is 5.01 Å². The number of fused-ring (bicyclic) bond motifs is 1. The second kappa shape index (κ2) is 6.10. The summed E-state index contributed by atoms with van der Waals surface area (Å²) in [5.41, 5.74) is 0.503. The lowest BCUT2D eigenvalue weighted by Crippen LogP contribution is -2.20. The molecule has 20 heavy (non-hydrogen) atoms. The third kappa shape index (κ3) is 3.61. The molecular formula is C12H16N4O3S. The van der Waals surface area contributed by atoms with Crippen molar-refractivity contribution in [3.63, 3.8) is 0 Å². The number of nitrogens with zero attached hydrogens (tertiary/aromatic N) is 4. The number of aromatic nitrogens is 3. The quantitative estimate of drug-likeness (QED) is 0.846. The summed E-state index contributed by atoms with van der Waals surface area (Å²) in [6.45, 7) is 3.02. The van der Waals surface area contributed by atoms with E-state index in [9.17, 15) is 9.59 Å². The summed E-state index contributed by atoms with van der Waals surface area (Å²) in [7, 11) is 1.90. The summed E-state index contributed by atoms with van der Waals surface area (Å²) in [6.07, 6.45) is 0.748. The normalized spacial score (nSPS) is 11.3. The number of carboxylic acid groups (broad SMARTS) is 1. The molecule has 2 aromatic heterocycles. The lowest BCUT2D eigenvalue weighted by molar-refractivity contribution is -0.137. The third-order valence-electron chi connectivity index (χ3n) is 2.75. The topological polar surface area (TPSA) is 87.8 Å². The second-order valence-corrected chi connectivity index (χ2v) is 5.70. The van der Waals surface area contributed by atoms with Gasteiger partial charge in [-0.1, -0.05) is 11.3 Å². The van der Waals surface area contributed by atoms with E-state index in [1.165, 1.54) is 21.9 Å². The molecule has 0 aliphatic carbocycles. The fraction of sp³-hybridized carbons (Fsp3) is 0.500. The highest BCUT2D eigenvalue weighted by molar-refractivity contribution is 7.16. The Morgan fingerprint density at radius 3 is 3.00 bits per heavy atom. The number of aliphatic carboxylic acids is 1. The molecule has 7 nitrogen and oxygen atoms in total. The van der Waals surface area contributed by atoms with E-state index in [-0.39, 0.29) is 12.0 Å². The van der Waals surface area contributed by atoms with Crippen molar-refractivity contribution >= 4 is 22.3 Å². The minimum absolute atomic E-state index is 0.157. The van der Waals surface area contributed by atoms with Crippen LogP contribution in [0.15, 0.2) is 10.9 Å². The molecule has 1 N–H and O–H groups in total. The molecular weight excluding hydrogens is 280 g/mol. The monoisotopic (exact) mass is 296 g/mol. The van der Waals surface area contributed by atoms with Crippen molar-refractivity contribution in [2.45, 2.75) is 26.3 Å². The Kier molecular flexibility index (Phi) is 4.46. The summed E-state index contributed by atoms with van der Waals surface area (Å²) >= 11 is 1.38. The molecule has 2 heterocycles. The van der Waals surface area contributed by atoms with Gasteiger partial charge in [-0.2, -0.15) is 9.61 Å². The first kappa shape index (κ1) is 14.6. The number of carboxylic acids is 1. The van der Waals surface area contributed by atoms with Crippen molar-refractivity contribution in [1.29, 1.82) is 0 Å². The van der Waals surface area contributed by atoms with E-state index in [0.717, 1.165) is 5.01 Å². The highest BCUT2D eigenvalue weighted by Gasteiger charge is 2.10. The van der Waals surface area contributed by atoms with Crippen LogP contribution in [0.3, 0.4) is 0 Å². The van der Waals surface area contributed by atoms with Crippen LogP contribution in [-0.4, -0.2) is 44.2 Å². The van der Waals surface area contributed by atoms with E-state index in [4.69, 9.17) is 5.11 Å². The van der Waals surface area contributed by atoms with Crippen LogP contribution < -0.4 is 5.56 Å². The zero-order chi connectivity index (χ0) is 14.7. The van der Waals surface area contributed by atoms with Crippen LogP contribution >= 0.6 is 11.3 Å². The van der Waals surface area contributed by atoms with Gasteiger partial charge in [-0.25, -0.2) is 4.98 Å². The zero-order valence-electron chi connectivity index (χ0n) is 11.4. The number of hydrogen-bond donors (Lipinski definition) is 1. The Labute approximate surface area is 119 Å². The van der Waals surface area contributed by atoms with Gasteiger partial charge < -0.3 is 5.11 Å². The van der Waals surface area contributed by atoms with Gasteiger partial charge in [-0.15, -0.1) is 0 Å². The summed E-state index contributed by atoms with van der Waals surface area (Å²) in [6, 6.07) is 1.45. The molecule has 0 spiro atoms. The van der Waals surface area contributed by atoms with Crippen molar-refractivity contribution in [3.05, 3.63) is 27.1 Å². The Hall–Kier alpha value is -1.80. The van der Waals surface area contributed by atoms with Crippen LogP contribution in [0.4, 0.5) is 0 Å². The molecule has 8 heteroatoms. The van der Waals surface area contributed by atoms with Gasteiger partial charge in [0.05, 0.1) is 6.54 Å². The highest BCUT2D eigenvalue weighted by atomic mass is 32.1. The van der Waals surface area contributed by atoms with Gasteiger partial charge in [0.15, 0.2) is 0 Å². The molecule has 0 fully saturated rings. The number of aryl methyl sites for hydroxylation is 1. The molecule has 0 unspecified atom stereocenters. The predicted octanol–water partition coefficient (Wildman–Crippen LogP) is 0.756. The van der Waals surface area contributed by atoms with E-state index < -0.39 is 5.97 Å². The average molecular weight is 296 g/mol. The number of rotatable bonds is 6. The van der Waals surface area contributed by atoms with Gasteiger partial charge in [0, 0.05) is 18.2 Å². The standard InChI is InChI=1S/C12H16N4O3S/c1-8-6-10(17)16-12(13-8)20-9(14-16)7-15(2)5-3-4-11(18)19/h6H,3-5,7H2,1-2H3,(H,18,19). The van der Waals surface area contributed by atoms with Gasteiger partial charge in [0.25, 0.3) is 5.56 Å². The summed E-state index contributed by atoms with van der Waals surface area (Å²) in [4.78, 5) is 29.0. The first-order valence-corrected chi connectivity index (χ1v) is 7.04. The van der Waals surface area contributed by atoms with E-state index in [1.54, 1.807) is 6.92 Å². The number of carbonyl (C=O) groups is 1. The van der Waals surface area contributed by atoms with Crippen molar-refractivity contribution in [1.82, 2.24) is 19.5 Å². The summed E-state index contributed by atoms with van der Waals surface area (Å²) < 4.78 is 1.30. The van der Waals surface area contributed by atoms with Crippen LogP contribution in [0.1, 0.15) is 23.5 Å². The third-order valence-corrected chi connectivity index (χ3v) is 3.64. The largest absolute Gasteiger partial charge is 0.481 e. The molecule has 0 amide bonds. The first-order chi connectivity index (χ1) is 9.45. The Morgan fingerprint density at radius 2 is 2.30 bits per heavy atom. The second-order valence-electron chi connectivity index (χ2n) is 4.66. The van der Waals surface area contributed by atoms with Crippen LogP contribution in [0, 0.1) is 6.92 Å². The van der Waals surface area contributed by atoms with Gasteiger partial charge in [0.2, 0.25) is 4.96 Å². The zero-order valence-corrected chi connectivity index (χ0v) is 12.2. The van der Waals surface area contributed by atoms with E-state index >= 15 is 0 Å². The fourth-order valence-electron chi connectivity index (χ4n) is 1.83. The molecule has 2 rings (SSSR count). The van der Waals surface area contributed by atoms with Gasteiger partial charge in [-0.05, 0) is 26.9 Å². The molecule has 0 aliphatic heterocycles. The lowest BCUT2D eigenvalue weighted by Gasteiger charge is -2.13.